The summed E-state index contributed by atoms with van der Waals surface area (Å²) in [7, 11) is 5.68. The highest BCUT2D eigenvalue weighted by Crippen LogP contribution is 2.31. The Morgan fingerprint density at radius 3 is 2.00 bits per heavy atom. The van der Waals surface area contributed by atoms with Gasteiger partial charge in [0.1, 0.15) is 5.70 Å². The summed E-state index contributed by atoms with van der Waals surface area (Å²) in [6, 6.07) is 0. The molecule has 0 atom stereocenters. The van der Waals surface area contributed by atoms with E-state index in [-0.39, 0.29) is 0 Å². The van der Waals surface area contributed by atoms with Crippen LogP contribution in [0.5, 0.6) is 0 Å². The van der Waals surface area contributed by atoms with Crippen molar-refractivity contribution in [2.45, 2.75) is 26.1 Å². The molecule has 0 N–H and O–H groups in total. The van der Waals surface area contributed by atoms with Crippen LogP contribution in [0.3, 0.4) is 0 Å². The average molecular weight is 196 g/mol. The molecule has 0 aromatic heterocycles. The highest BCUT2D eigenvalue weighted by Gasteiger charge is 2.30. The van der Waals surface area contributed by atoms with Gasteiger partial charge < -0.3 is 4.48 Å². The third-order valence-electron chi connectivity index (χ3n) is 2.52. The van der Waals surface area contributed by atoms with Gasteiger partial charge in [0, 0.05) is 6.42 Å². The minimum absolute atomic E-state index is 0.993. The molecule has 1 aliphatic rings. The maximum atomic E-state index is 2.42. The van der Waals surface area contributed by atoms with E-state index in [4.69, 9.17) is 0 Å². The molecular weight excluding hydrogens is 174 g/mol. The monoisotopic (exact) mass is 196 g/mol. The van der Waals surface area contributed by atoms with Gasteiger partial charge in [-0.15, -0.1) is 0 Å². The maximum absolute atomic E-state index is 2.42. The van der Waals surface area contributed by atoms with E-state index in [2.05, 4.69) is 52.9 Å². The summed E-state index contributed by atoms with van der Waals surface area (Å²) in [5.41, 5.74) is 1.61. The van der Waals surface area contributed by atoms with Crippen molar-refractivity contribution >= 4 is 8.07 Å². The van der Waals surface area contributed by atoms with Crippen LogP contribution in [0.2, 0.25) is 19.6 Å². The van der Waals surface area contributed by atoms with Gasteiger partial charge >= 0.3 is 0 Å². The van der Waals surface area contributed by atoms with E-state index in [0.29, 0.717) is 0 Å². The summed E-state index contributed by atoms with van der Waals surface area (Å²) < 4.78 is 0.993. The third kappa shape index (κ3) is 2.32. The molecule has 0 heterocycles. The van der Waals surface area contributed by atoms with Crippen molar-refractivity contribution in [3.05, 3.63) is 23.0 Å². The van der Waals surface area contributed by atoms with Crippen molar-refractivity contribution in [2.24, 2.45) is 0 Å². The molecule has 0 spiro atoms. The Hall–Kier alpha value is -0.343. The molecule has 0 saturated heterocycles. The Kier molecular flexibility index (Phi) is 2.56. The largest absolute Gasteiger partial charge is 0.302 e. The maximum Gasteiger partial charge on any atom is 0.111 e. The molecule has 2 heteroatoms. The van der Waals surface area contributed by atoms with E-state index in [1.165, 1.54) is 0 Å². The van der Waals surface area contributed by atoms with E-state index in [1.54, 1.807) is 10.9 Å². The van der Waals surface area contributed by atoms with Crippen molar-refractivity contribution in [3.63, 3.8) is 0 Å². The van der Waals surface area contributed by atoms with Gasteiger partial charge in [-0.05, 0) is 5.20 Å². The first-order chi connectivity index (χ1) is 5.73. The number of allylic oxidation sites excluding steroid dienone is 3. The number of hydrogen-bond donors (Lipinski definition) is 0. The van der Waals surface area contributed by atoms with E-state index in [0.717, 1.165) is 10.9 Å². The summed E-state index contributed by atoms with van der Waals surface area (Å²) in [6.07, 6.45) is 5.82. The first kappa shape index (κ1) is 10.7. The zero-order valence-corrected chi connectivity index (χ0v) is 10.8. The second-order valence-corrected chi connectivity index (χ2v) is 10.8. The molecule has 1 aliphatic carbocycles. The zero-order valence-electron chi connectivity index (χ0n) is 9.81. The Balaban J connectivity index is 3.10. The molecule has 1 nitrogen and oxygen atoms in total. The minimum atomic E-state index is -1.12. The Labute approximate surface area is 83.4 Å². The van der Waals surface area contributed by atoms with Crippen molar-refractivity contribution in [1.82, 2.24) is 0 Å². The van der Waals surface area contributed by atoms with Crippen molar-refractivity contribution in [2.75, 3.05) is 21.1 Å². The number of rotatable bonds is 2. The summed E-state index contributed by atoms with van der Waals surface area (Å²) in [5.74, 6) is 0. The molecule has 0 aromatic carbocycles. The summed E-state index contributed by atoms with van der Waals surface area (Å²) >= 11 is 0. The molecule has 13 heavy (non-hydrogen) atoms. The molecule has 0 amide bonds. The van der Waals surface area contributed by atoms with Crippen molar-refractivity contribution in [1.29, 1.82) is 0 Å². The van der Waals surface area contributed by atoms with Crippen LogP contribution in [0.4, 0.5) is 0 Å². The number of quaternary nitrogens is 1. The van der Waals surface area contributed by atoms with Crippen LogP contribution in [0.25, 0.3) is 0 Å². The van der Waals surface area contributed by atoms with Gasteiger partial charge in [0.15, 0.2) is 0 Å². The molecule has 0 radical (unpaired) electrons. The van der Waals surface area contributed by atoms with Crippen LogP contribution in [0.1, 0.15) is 6.42 Å². The van der Waals surface area contributed by atoms with E-state index >= 15 is 0 Å². The standard InChI is InChI=1S/C11H22NSi/c1-12(2,3)10-8-7-9-11(10)13(4,5)6/h7,9H,8H2,1-6H3/q+1. The Morgan fingerprint density at radius 2 is 1.69 bits per heavy atom. The van der Waals surface area contributed by atoms with Crippen LogP contribution in [-0.4, -0.2) is 33.7 Å². The first-order valence-corrected chi connectivity index (χ1v) is 8.45. The number of hydrogen-bond acceptors (Lipinski definition) is 0. The molecule has 0 saturated carbocycles. The average Bonchev–Trinajstić information content (AvgIpc) is 2.27. The predicted molar refractivity (Wildman–Crippen MR) is 62.2 cm³/mol. The summed E-state index contributed by atoms with van der Waals surface area (Å²) in [5, 5.41) is 1.65. The fraction of sp³-hybridized carbons (Fsp3) is 0.636. The van der Waals surface area contributed by atoms with Crippen LogP contribution in [0.15, 0.2) is 23.0 Å². The SMILES string of the molecule is C[N+](C)(C)C1=C([Si](C)(C)C)C=CC1. The highest BCUT2D eigenvalue weighted by molar-refractivity contribution is 6.83. The van der Waals surface area contributed by atoms with Crippen molar-refractivity contribution < 1.29 is 4.48 Å². The fourth-order valence-corrected chi connectivity index (χ4v) is 3.73. The van der Waals surface area contributed by atoms with Crippen LogP contribution >= 0.6 is 0 Å². The fourth-order valence-electron chi connectivity index (χ4n) is 1.81. The highest BCUT2D eigenvalue weighted by atomic mass is 28.3. The lowest BCUT2D eigenvalue weighted by Gasteiger charge is -2.29. The molecule has 0 aliphatic heterocycles. The molecular formula is C11H22NSi+. The Morgan fingerprint density at radius 1 is 1.15 bits per heavy atom. The van der Waals surface area contributed by atoms with E-state index < -0.39 is 8.07 Å². The second-order valence-electron chi connectivity index (χ2n) is 5.73. The predicted octanol–water partition coefficient (Wildman–Crippen LogP) is 2.78. The van der Waals surface area contributed by atoms with Gasteiger partial charge in [-0.2, -0.15) is 0 Å². The lowest BCUT2D eigenvalue weighted by molar-refractivity contribution is -0.832. The number of nitrogens with zero attached hydrogens (tertiary/aromatic N) is 1. The molecule has 0 bridgehead atoms. The van der Waals surface area contributed by atoms with Gasteiger partial charge in [-0.3, -0.25) is 0 Å². The van der Waals surface area contributed by atoms with Gasteiger partial charge in [0.25, 0.3) is 0 Å². The van der Waals surface area contributed by atoms with Gasteiger partial charge in [-0.1, -0.05) is 31.8 Å². The lowest BCUT2D eigenvalue weighted by Crippen LogP contribution is -2.37. The van der Waals surface area contributed by atoms with Crippen LogP contribution in [-0.2, 0) is 0 Å². The molecule has 0 aromatic rings. The first-order valence-electron chi connectivity index (χ1n) is 4.95. The van der Waals surface area contributed by atoms with Gasteiger partial charge in [0.2, 0.25) is 0 Å². The molecule has 0 fully saturated rings. The van der Waals surface area contributed by atoms with Gasteiger partial charge in [0.05, 0.1) is 29.2 Å². The van der Waals surface area contributed by atoms with Gasteiger partial charge in [-0.25, -0.2) is 0 Å². The molecule has 74 valence electrons. The zero-order chi connectivity index (χ0) is 10.3. The topological polar surface area (TPSA) is 0 Å². The van der Waals surface area contributed by atoms with E-state index in [9.17, 15) is 0 Å². The van der Waals surface area contributed by atoms with E-state index in [1.807, 2.05) is 0 Å². The molecule has 0 unspecified atom stereocenters. The summed E-state index contributed by atoms with van der Waals surface area (Å²) in [6.45, 7) is 7.27. The Bertz CT molecular complexity index is 261. The van der Waals surface area contributed by atoms with Crippen LogP contribution in [0, 0.1) is 0 Å². The smallest absolute Gasteiger partial charge is 0.111 e. The second kappa shape index (κ2) is 3.10. The molecule has 1 rings (SSSR count). The third-order valence-corrected chi connectivity index (χ3v) is 4.60. The minimum Gasteiger partial charge on any atom is -0.302 e. The summed E-state index contributed by atoms with van der Waals surface area (Å²) in [4.78, 5) is 0. The normalized spacial score (nSPS) is 18.6. The lowest BCUT2D eigenvalue weighted by atomic mass is 10.3. The quantitative estimate of drug-likeness (QED) is 0.470. The van der Waals surface area contributed by atoms with Crippen molar-refractivity contribution in [3.8, 4) is 0 Å². The van der Waals surface area contributed by atoms with Crippen LogP contribution < -0.4 is 0 Å².